The second-order valence-corrected chi connectivity index (χ2v) is 11.3. The number of nitrogens with one attached hydrogen (secondary N) is 3. The van der Waals surface area contributed by atoms with Gasteiger partial charge in [-0.15, -0.1) is 11.8 Å². The van der Waals surface area contributed by atoms with Crippen molar-refractivity contribution in [3.63, 3.8) is 0 Å². The fourth-order valence-corrected chi connectivity index (χ4v) is 5.09. The minimum absolute atomic E-state index is 0.0452. The number of hydrogen-bond donors (Lipinski definition) is 3. The van der Waals surface area contributed by atoms with Gasteiger partial charge in [0.25, 0.3) is 11.8 Å². The largest absolute Gasteiger partial charge is 0.325 e. The smallest absolute Gasteiger partial charge is 0.272 e. The van der Waals surface area contributed by atoms with E-state index in [0.717, 1.165) is 10.5 Å². The number of benzene rings is 4. The molecule has 0 fully saturated rings. The number of amides is 3. The highest BCUT2D eigenvalue weighted by molar-refractivity contribution is 8.00. The second-order valence-electron chi connectivity index (χ2n) is 9.08. The number of anilines is 2. The molecule has 6 nitrogen and oxygen atoms in total. The van der Waals surface area contributed by atoms with Gasteiger partial charge >= 0.3 is 0 Å². The molecule has 0 spiro atoms. The van der Waals surface area contributed by atoms with Gasteiger partial charge in [0, 0.05) is 31.9 Å². The summed E-state index contributed by atoms with van der Waals surface area (Å²) in [5.74, 6) is -1.11. The average molecular weight is 605 g/mol. The van der Waals surface area contributed by atoms with Crippen LogP contribution < -0.4 is 16.0 Å². The predicted molar refractivity (Wildman–Crippen MR) is 169 cm³/mol. The van der Waals surface area contributed by atoms with Gasteiger partial charge in [0.05, 0.1) is 5.25 Å². The van der Waals surface area contributed by atoms with Crippen molar-refractivity contribution in [1.82, 2.24) is 5.32 Å². The quantitative estimate of drug-likeness (QED) is 0.134. The van der Waals surface area contributed by atoms with Crippen LogP contribution in [-0.2, 0) is 9.59 Å². The van der Waals surface area contributed by atoms with Crippen LogP contribution >= 0.6 is 35.0 Å². The van der Waals surface area contributed by atoms with Crippen molar-refractivity contribution in [3.05, 3.63) is 129 Å². The van der Waals surface area contributed by atoms with Crippen LogP contribution in [0.4, 0.5) is 11.4 Å². The number of rotatable bonds is 9. The lowest BCUT2D eigenvalue weighted by Gasteiger charge is -2.15. The Labute approximate surface area is 253 Å². The van der Waals surface area contributed by atoms with Crippen LogP contribution in [0.2, 0.25) is 10.0 Å². The molecule has 1 atom stereocenters. The summed E-state index contributed by atoms with van der Waals surface area (Å²) in [6.07, 6.45) is 1.56. The lowest BCUT2D eigenvalue weighted by atomic mass is 10.1. The fraction of sp³-hybridized carbons (Fsp3) is 0.0938. The first-order chi connectivity index (χ1) is 19.7. The molecule has 0 aliphatic carbocycles. The molecular formula is C32H27Cl2N3O3S. The van der Waals surface area contributed by atoms with E-state index in [1.807, 2.05) is 13.0 Å². The highest BCUT2D eigenvalue weighted by Gasteiger charge is 2.18. The standard InChI is InChI=1S/C32H27Cl2N3O3S/c1-20-27(34)15-8-16-28(20)36-30(38)21(2)41-26-14-7-13-25(19-26)35-32(40)29(18-22-9-6-12-24(33)17-22)37-31(39)23-10-4-3-5-11-23/h3-19,21H,1-2H3,(H,35,40)(H,36,38)(H,37,39)/b29-18-. The first-order valence-electron chi connectivity index (χ1n) is 12.7. The Balaban J connectivity index is 1.48. The zero-order valence-corrected chi connectivity index (χ0v) is 24.6. The summed E-state index contributed by atoms with van der Waals surface area (Å²) in [6, 6.07) is 28.1. The van der Waals surface area contributed by atoms with Crippen LogP contribution in [0, 0.1) is 6.92 Å². The maximum atomic E-state index is 13.4. The molecule has 9 heteroatoms. The molecule has 3 N–H and O–H groups in total. The molecule has 0 heterocycles. The predicted octanol–water partition coefficient (Wildman–Crippen LogP) is 7.83. The van der Waals surface area contributed by atoms with Crippen molar-refractivity contribution >= 4 is 70.1 Å². The van der Waals surface area contributed by atoms with E-state index in [2.05, 4.69) is 16.0 Å². The second kappa shape index (κ2) is 14.0. The van der Waals surface area contributed by atoms with Crippen LogP contribution in [-0.4, -0.2) is 23.0 Å². The third-order valence-electron chi connectivity index (χ3n) is 5.99. The number of halogens is 2. The SMILES string of the molecule is Cc1c(Cl)cccc1NC(=O)C(C)Sc1cccc(NC(=O)/C(=C/c2cccc(Cl)c2)NC(=O)c2ccccc2)c1. The van der Waals surface area contributed by atoms with E-state index in [1.165, 1.54) is 11.8 Å². The van der Waals surface area contributed by atoms with Crippen molar-refractivity contribution in [2.45, 2.75) is 24.0 Å². The van der Waals surface area contributed by atoms with Gasteiger partial charge in [-0.3, -0.25) is 14.4 Å². The van der Waals surface area contributed by atoms with Gasteiger partial charge < -0.3 is 16.0 Å². The molecule has 208 valence electrons. The van der Waals surface area contributed by atoms with Gasteiger partial charge in [-0.1, -0.05) is 65.7 Å². The fourth-order valence-electron chi connectivity index (χ4n) is 3.79. The van der Waals surface area contributed by atoms with Crippen molar-refractivity contribution in [3.8, 4) is 0 Å². The van der Waals surface area contributed by atoms with Crippen molar-refractivity contribution in [2.75, 3.05) is 10.6 Å². The summed E-state index contributed by atoms with van der Waals surface area (Å²) >= 11 is 13.6. The van der Waals surface area contributed by atoms with Gasteiger partial charge in [0.15, 0.2) is 0 Å². The van der Waals surface area contributed by atoms with Gasteiger partial charge in [0.1, 0.15) is 5.70 Å². The molecule has 4 rings (SSSR count). The monoisotopic (exact) mass is 603 g/mol. The van der Waals surface area contributed by atoms with Crippen LogP contribution in [0.25, 0.3) is 6.08 Å². The third kappa shape index (κ3) is 8.47. The number of hydrogen-bond acceptors (Lipinski definition) is 4. The minimum atomic E-state index is -0.515. The normalized spacial score (nSPS) is 11.9. The minimum Gasteiger partial charge on any atom is -0.325 e. The highest BCUT2D eigenvalue weighted by atomic mass is 35.5. The van der Waals surface area contributed by atoms with E-state index >= 15 is 0 Å². The Morgan fingerprint density at radius 2 is 1.56 bits per heavy atom. The molecule has 0 aliphatic heterocycles. The maximum absolute atomic E-state index is 13.4. The number of thioether (sulfide) groups is 1. The van der Waals surface area contributed by atoms with E-state index in [4.69, 9.17) is 23.2 Å². The van der Waals surface area contributed by atoms with E-state index < -0.39 is 17.1 Å². The van der Waals surface area contributed by atoms with Crippen LogP contribution in [0.1, 0.15) is 28.4 Å². The number of carbonyl (C=O) groups is 3. The summed E-state index contributed by atoms with van der Waals surface area (Å²) in [5, 5.41) is 9.13. The molecule has 0 bridgehead atoms. The lowest BCUT2D eigenvalue weighted by Crippen LogP contribution is -2.30. The topological polar surface area (TPSA) is 87.3 Å². The van der Waals surface area contributed by atoms with Gasteiger partial charge in [-0.05, 0) is 85.6 Å². The molecule has 41 heavy (non-hydrogen) atoms. The molecule has 0 saturated carbocycles. The molecule has 3 amide bonds. The van der Waals surface area contributed by atoms with Crippen molar-refractivity contribution in [2.24, 2.45) is 0 Å². The molecule has 1 unspecified atom stereocenters. The summed E-state index contributed by atoms with van der Waals surface area (Å²) in [4.78, 5) is 39.9. The Kier molecular flexibility index (Phi) is 10.2. The van der Waals surface area contributed by atoms with Crippen molar-refractivity contribution in [1.29, 1.82) is 0 Å². The Hall–Kier alpha value is -4.04. The molecule has 0 radical (unpaired) electrons. The van der Waals surface area contributed by atoms with E-state index in [0.29, 0.717) is 32.5 Å². The van der Waals surface area contributed by atoms with E-state index in [-0.39, 0.29) is 11.6 Å². The maximum Gasteiger partial charge on any atom is 0.272 e. The first-order valence-corrected chi connectivity index (χ1v) is 14.3. The third-order valence-corrected chi connectivity index (χ3v) is 7.73. The summed E-state index contributed by atoms with van der Waals surface area (Å²) < 4.78 is 0. The van der Waals surface area contributed by atoms with Crippen molar-refractivity contribution < 1.29 is 14.4 Å². The molecule has 0 aromatic heterocycles. The van der Waals surface area contributed by atoms with Crippen LogP contribution in [0.5, 0.6) is 0 Å². The highest BCUT2D eigenvalue weighted by Crippen LogP contribution is 2.28. The zero-order chi connectivity index (χ0) is 29.4. The molecule has 0 saturated heterocycles. The Bertz CT molecular complexity index is 1610. The van der Waals surface area contributed by atoms with Crippen LogP contribution in [0.15, 0.2) is 108 Å². The first kappa shape index (κ1) is 29.9. The lowest BCUT2D eigenvalue weighted by molar-refractivity contribution is -0.115. The average Bonchev–Trinajstić information content (AvgIpc) is 2.95. The molecular weight excluding hydrogens is 577 g/mol. The summed E-state index contributed by atoms with van der Waals surface area (Å²) in [6.45, 7) is 3.65. The Morgan fingerprint density at radius 1 is 0.829 bits per heavy atom. The molecule has 4 aromatic rings. The summed E-state index contributed by atoms with van der Waals surface area (Å²) in [5.41, 5.74) is 3.07. The Morgan fingerprint density at radius 3 is 2.32 bits per heavy atom. The van der Waals surface area contributed by atoms with Crippen LogP contribution in [0.3, 0.4) is 0 Å². The van der Waals surface area contributed by atoms with Gasteiger partial charge in [0.2, 0.25) is 5.91 Å². The van der Waals surface area contributed by atoms with E-state index in [1.54, 1.807) is 104 Å². The summed E-state index contributed by atoms with van der Waals surface area (Å²) in [7, 11) is 0. The molecule has 4 aromatic carbocycles. The number of carbonyl (C=O) groups excluding carboxylic acids is 3. The molecule has 0 aliphatic rings. The van der Waals surface area contributed by atoms with Gasteiger partial charge in [-0.2, -0.15) is 0 Å². The van der Waals surface area contributed by atoms with E-state index in [9.17, 15) is 14.4 Å². The zero-order valence-electron chi connectivity index (χ0n) is 22.3. The van der Waals surface area contributed by atoms with Gasteiger partial charge in [-0.25, -0.2) is 0 Å².